The molecule has 0 fully saturated rings. The Kier molecular flexibility index (Phi) is 5.33. The number of hydrogen-bond donors (Lipinski definition) is 1. The second-order valence-electron chi connectivity index (χ2n) is 4.70. The van der Waals surface area contributed by atoms with Crippen LogP contribution in [-0.4, -0.2) is 4.92 Å². The number of non-ortho nitro benzene ring substituents is 1. The predicted octanol–water partition coefficient (Wildman–Crippen LogP) is 4.86. The summed E-state index contributed by atoms with van der Waals surface area (Å²) >= 11 is 9.45. The average molecular weight is 370 g/mol. The smallest absolute Gasteiger partial charge is 0.270 e. The molecule has 0 heterocycles. The quantitative estimate of drug-likeness (QED) is 0.605. The Morgan fingerprint density at radius 2 is 2.05 bits per heavy atom. The molecule has 6 heteroatoms. The van der Waals surface area contributed by atoms with Gasteiger partial charge in [0.15, 0.2) is 0 Å². The van der Waals surface area contributed by atoms with Crippen LogP contribution in [0.1, 0.15) is 24.1 Å². The normalized spacial score (nSPS) is 12.1. The van der Waals surface area contributed by atoms with Gasteiger partial charge in [-0.25, -0.2) is 0 Å². The summed E-state index contributed by atoms with van der Waals surface area (Å²) in [5.41, 5.74) is 1.92. The van der Waals surface area contributed by atoms with E-state index in [9.17, 15) is 10.1 Å². The van der Waals surface area contributed by atoms with Gasteiger partial charge in [-0.05, 0) is 30.2 Å². The van der Waals surface area contributed by atoms with Gasteiger partial charge in [0, 0.05) is 34.2 Å². The second-order valence-corrected chi connectivity index (χ2v) is 6.02. The number of benzene rings is 2. The molecule has 1 N–H and O–H groups in total. The first-order valence-electron chi connectivity index (χ1n) is 6.39. The van der Waals surface area contributed by atoms with E-state index in [1.54, 1.807) is 6.07 Å². The first-order valence-corrected chi connectivity index (χ1v) is 7.56. The lowest BCUT2D eigenvalue weighted by molar-refractivity contribution is -0.385. The molecule has 0 spiro atoms. The SMILES string of the molecule is CC(NCc1cc(Br)cc([N+](=O)[O-])c1)c1ccccc1Cl. The van der Waals surface area contributed by atoms with Gasteiger partial charge < -0.3 is 5.32 Å². The minimum absolute atomic E-state index is 0.0525. The summed E-state index contributed by atoms with van der Waals surface area (Å²) in [4.78, 5) is 10.5. The van der Waals surface area contributed by atoms with Crippen LogP contribution in [0.3, 0.4) is 0 Å². The summed E-state index contributed by atoms with van der Waals surface area (Å²) in [5.74, 6) is 0. The molecule has 1 unspecified atom stereocenters. The molecule has 0 aliphatic heterocycles. The van der Waals surface area contributed by atoms with Crippen molar-refractivity contribution in [3.05, 3.63) is 73.2 Å². The minimum atomic E-state index is -0.397. The lowest BCUT2D eigenvalue weighted by Gasteiger charge is -2.15. The maximum Gasteiger partial charge on any atom is 0.270 e. The van der Waals surface area contributed by atoms with Gasteiger partial charge in [-0.15, -0.1) is 0 Å². The van der Waals surface area contributed by atoms with E-state index >= 15 is 0 Å². The van der Waals surface area contributed by atoms with Crippen molar-refractivity contribution in [3.8, 4) is 0 Å². The summed E-state index contributed by atoms with van der Waals surface area (Å²) in [5, 5.41) is 14.9. The summed E-state index contributed by atoms with van der Waals surface area (Å²) < 4.78 is 0.693. The molecule has 4 nitrogen and oxygen atoms in total. The summed E-state index contributed by atoms with van der Waals surface area (Å²) in [6.07, 6.45) is 0. The van der Waals surface area contributed by atoms with Crippen molar-refractivity contribution in [2.45, 2.75) is 19.5 Å². The topological polar surface area (TPSA) is 55.2 Å². The Morgan fingerprint density at radius 3 is 2.71 bits per heavy atom. The van der Waals surface area contributed by atoms with Crippen LogP contribution in [0.2, 0.25) is 5.02 Å². The van der Waals surface area contributed by atoms with E-state index in [2.05, 4.69) is 21.2 Å². The van der Waals surface area contributed by atoms with Crippen LogP contribution in [0.5, 0.6) is 0 Å². The fourth-order valence-electron chi connectivity index (χ4n) is 2.05. The standard InChI is InChI=1S/C15H14BrClN2O2/c1-10(14-4-2-3-5-15(14)17)18-9-11-6-12(16)8-13(7-11)19(20)21/h2-8,10,18H,9H2,1H3. The average Bonchev–Trinajstić information content (AvgIpc) is 2.44. The highest BCUT2D eigenvalue weighted by Crippen LogP contribution is 2.24. The maximum atomic E-state index is 10.9. The molecule has 0 bridgehead atoms. The van der Waals surface area contributed by atoms with Gasteiger partial charge in [0.25, 0.3) is 5.69 Å². The summed E-state index contributed by atoms with van der Waals surface area (Å²) in [6.45, 7) is 2.53. The highest BCUT2D eigenvalue weighted by molar-refractivity contribution is 9.10. The predicted molar refractivity (Wildman–Crippen MR) is 87.5 cm³/mol. The number of nitro benzene ring substituents is 1. The van der Waals surface area contributed by atoms with Gasteiger partial charge in [-0.1, -0.05) is 45.7 Å². The van der Waals surface area contributed by atoms with E-state index in [0.717, 1.165) is 11.1 Å². The summed E-state index contributed by atoms with van der Waals surface area (Å²) in [6, 6.07) is 12.6. The Hall–Kier alpha value is -1.43. The molecule has 0 amide bonds. The van der Waals surface area contributed by atoms with Crippen molar-refractivity contribution < 1.29 is 4.92 Å². The molecule has 21 heavy (non-hydrogen) atoms. The molecular formula is C15H14BrClN2O2. The highest BCUT2D eigenvalue weighted by atomic mass is 79.9. The number of nitro groups is 1. The van der Waals surface area contributed by atoms with Crippen LogP contribution >= 0.6 is 27.5 Å². The lowest BCUT2D eigenvalue weighted by atomic mass is 10.1. The first kappa shape index (κ1) is 15.9. The van der Waals surface area contributed by atoms with E-state index < -0.39 is 4.92 Å². The third kappa shape index (κ3) is 4.27. The van der Waals surface area contributed by atoms with Gasteiger partial charge in [0.1, 0.15) is 0 Å². The summed E-state index contributed by atoms with van der Waals surface area (Å²) in [7, 11) is 0. The van der Waals surface area contributed by atoms with E-state index in [-0.39, 0.29) is 11.7 Å². The third-order valence-corrected chi connectivity index (χ3v) is 3.94. The molecule has 0 aromatic heterocycles. The Bertz CT molecular complexity index is 664. The largest absolute Gasteiger partial charge is 0.306 e. The van der Waals surface area contributed by atoms with E-state index in [1.807, 2.05) is 37.3 Å². The Labute approximate surface area is 136 Å². The molecule has 2 rings (SSSR count). The molecule has 2 aromatic carbocycles. The molecule has 1 atom stereocenters. The number of rotatable bonds is 5. The van der Waals surface area contributed by atoms with Crippen LogP contribution in [0.25, 0.3) is 0 Å². The fraction of sp³-hybridized carbons (Fsp3) is 0.200. The van der Waals surface area contributed by atoms with Crippen molar-refractivity contribution in [1.82, 2.24) is 5.32 Å². The van der Waals surface area contributed by atoms with Crippen LogP contribution in [-0.2, 0) is 6.54 Å². The number of halogens is 2. The van der Waals surface area contributed by atoms with Crippen molar-refractivity contribution in [3.63, 3.8) is 0 Å². The zero-order valence-corrected chi connectivity index (χ0v) is 13.7. The zero-order valence-electron chi connectivity index (χ0n) is 11.3. The Balaban J connectivity index is 2.09. The molecule has 0 aliphatic rings. The fourth-order valence-corrected chi connectivity index (χ4v) is 2.88. The Morgan fingerprint density at radius 1 is 1.33 bits per heavy atom. The van der Waals surface area contributed by atoms with E-state index in [0.29, 0.717) is 16.0 Å². The monoisotopic (exact) mass is 368 g/mol. The number of nitrogens with zero attached hydrogens (tertiary/aromatic N) is 1. The van der Waals surface area contributed by atoms with E-state index in [4.69, 9.17) is 11.6 Å². The van der Waals surface area contributed by atoms with Gasteiger partial charge in [-0.2, -0.15) is 0 Å². The number of hydrogen-bond acceptors (Lipinski definition) is 3. The molecule has 0 saturated heterocycles. The molecule has 0 saturated carbocycles. The van der Waals surface area contributed by atoms with Crippen molar-refractivity contribution in [2.24, 2.45) is 0 Å². The lowest BCUT2D eigenvalue weighted by Crippen LogP contribution is -2.18. The first-order chi connectivity index (χ1) is 9.97. The van der Waals surface area contributed by atoms with Gasteiger partial charge in [0.2, 0.25) is 0 Å². The second kappa shape index (κ2) is 7.02. The highest BCUT2D eigenvalue weighted by Gasteiger charge is 2.11. The van der Waals surface area contributed by atoms with Crippen LogP contribution in [0, 0.1) is 10.1 Å². The molecule has 110 valence electrons. The van der Waals surface area contributed by atoms with Crippen LogP contribution in [0.15, 0.2) is 46.9 Å². The van der Waals surface area contributed by atoms with Gasteiger partial charge in [-0.3, -0.25) is 10.1 Å². The zero-order chi connectivity index (χ0) is 15.4. The van der Waals surface area contributed by atoms with Gasteiger partial charge >= 0.3 is 0 Å². The van der Waals surface area contributed by atoms with Gasteiger partial charge in [0.05, 0.1) is 4.92 Å². The van der Waals surface area contributed by atoms with Crippen molar-refractivity contribution >= 4 is 33.2 Å². The van der Waals surface area contributed by atoms with E-state index in [1.165, 1.54) is 6.07 Å². The molecule has 2 aromatic rings. The maximum absolute atomic E-state index is 10.9. The number of nitrogens with one attached hydrogen (secondary N) is 1. The van der Waals surface area contributed by atoms with Crippen LogP contribution in [0.4, 0.5) is 5.69 Å². The van der Waals surface area contributed by atoms with Crippen molar-refractivity contribution in [1.29, 1.82) is 0 Å². The molecule has 0 radical (unpaired) electrons. The molecular weight excluding hydrogens is 356 g/mol. The minimum Gasteiger partial charge on any atom is -0.306 e. The third-order valence-electron chi connectivity index (χ3n) is 3.14. The molecule has 0 aliphatic carbocycles. The van der Waals surface area contributed by atoms with Crippen molar-refractivity contribution in [2.75, 3.05) is 0 Å². The van der Waals surface area contributed by atoms with Crippen LogP contribution < -0.4 is 5.32 Å².